The van der Waals surface area contributed by atoms with Crippen LogP contribution in [0, 0.1) is 3.57 Å². The van der Waals surface area contributed by atoms with Crippen LogP contribution in [0.3, 0.4) is 0 Å². The highest BCUT2D eigenvalue weighted by molar-refractivity contribution is 14.1. The minimum Gasteiger partial charge on any atom is -0.488 e. The number of methoxy groups -OCH3 is 1. The summed E-state index contributed by atoms with van der Waals surface area (Å²) in [6, 6.07) is 12.5. The van der Waals surface area contributed by atoms with E-state index in [1.165, 1.54) is 61.5 Å². The van der Waals surface area contributed by atoms with Gasteiger partial charge in [-0.25, -0.2) is 4.79 Å². The van der Waals surface area contributed by atoms with Crippen LogP contribution in [-0.4, -0.2) is 19.7 Å². The molecule has 184 valence electrons. The molecule has 0 saturated carbocycles. The first-order valence-corrected chi connectivity index (χ1v) is 13.5. The van der Waals surface area contributed by atoms with Gasteiger partial charge in [0.1, 0.15) is 12.4 Å². The fourth-order valence-electron chi connectivity index (χ4n) is 4.73. The SMILES string of the molecule is CCCCC/C=C(/COc1cc(C(=O)OC)ccc1I)c1ccc2c(c1)C(C)(C)CCC2(C)C. The fraction of sp³-hybridized carbons (Fsp3) is 0.500. The van der Waals surface area contributed by atoms with Crippen LogP contribution >= 0.6 is 22.6 Å². The van der Waals surface area contributed by atoms with Crippen molar-refractivity contribution < 1.29 is 14.3 Å². The molecule has 0 radical (unpaired) electrons. The first kappa shape index (κ1) is 26.8. The molecule has 0 unspecified atom stereocenters. The van der Waals surface area contributed by atoms with E-state index in [0.29, 0.717) is 17.9 Å². The van der Waals surface area contributed by atoms with Crippen LogP contribution in [-0.2, 0) is 15.6 Å². The Morgan fingerprint density at radius 2 is 1.65 bits per heavy atom. The summed E-state index contributed by atoms with van der Waals surface area (Å²) in [5.41, 5.74) is 6.25. The largest absolute Gasteiger partial charge is 0.488 e. The molecular formula is C30H39IO3. The van der Waals surface area contributed by atoms with Crippen molar-refractivity contribution in [2.75, 3.05) is 13.7 Å². The van der Waals surface area contributed by atoms with Gasteiger partial charge >= 0.3 is 5.97 Å². The summed E-state index contributed by atoms with van der Waals surface area (Å²) in [4.78, 5) is 12.0. The summed E-state index contributed by atoms with van der Waals surface area (Å²) in [5, 5.41) is 0. The molecule has 4 heteroatoms. The van der Waals surface area contributed by atoms with Gasteiger partial charge in [0.2, 0.25) is 0 Å². The third-order valence-corrected chi connectivity index (χ3v) is 8.05. The van der Waals surface area contributed by atoms with Crippen LogP contribution in [0.2, 0.25) is 0 Å². The molecule has 0 aliphatic heterocycles. The summed E-state index contributed by atoms with van der Waals surface area (Å²) in [7, 11) is 1.40. The van der Waals surface area contributed by atoms with Crippen molar-refractivity contribution in [2.24, 2.45) is 0 Å². The molecule has 34 heavy (non-hydrogen) atoms. The minimum absolute atomic E-state index is 0.166. The van der Waals surface area contributed by atoms with Gasteiger partial charge in [-0.1, -0.05) is 71.7 Å². The maximum absolute atomic E-state index is 12.0. The third kappa shape index (κ3) is 6.24. The van der Waals surface area contributed by atoms with E-state index in [4.69, 9.17) is 9.47 Å². The molecule has 2 aromatic rings. The maximum Gasteiger partial charge on any atom is 0.337 e. The highest BCUT2D eigenvalue weighted by Crippen LogP contribution is 2.46. The first-order chi connectivity index (χ1) is 16.1. The molecule has 0 aromatic heterocycles. The van der Waals surface area contributed by atoms with Crippen LogP contribution in [0.1, 0.15) is 100 Å². The van der Waals surface area contributed by atoms with Crippen LogP contribution < -0.4 is 4.74 Å². The predicted molar refractivity (Wildman–Crippen MR) is 150 cm³/mol. The van der Waals surface area contributed by atoms with Crippen molar-refractivity contribution in [1.29, 1.82) is 0 Å². The zero-order valence-electron chi connectivity index (χ0n) is 21.6. The average Bonchev–Trinajstić information content (AvgIpc) is 2.82. The molecule has 1 aliphatic carbocycles. The number of hydrogen-bond acceptors (Lipinski definition) is 3. The van der Waals surface area contributed by atoms with E-state index in [-0.39, 0.29) is 16.8 Å². The Balaban J connectivity index is 1.93. The molecule has 0 bridgehead atoms. The lowest BCUT2D eigenvalue weighted by molar-refractivity contribution is 0.0600. The summed E-state index contributed by atoms with van der Waals surface area (Å²) in [6.45, 7) is 12.2. The topological polar surface area (TPSA) is 35.5 Å². The molecule has 0 saturated heterocycles. The summed E-state index contributed by atoms with van der Waals surface area (Å²) >= 11 is 2.25. The lowest BCUT2D eigenvalue weighted by Gasteiger charge is -2.42. The number of unbranched alkanes of at least 4 members (excludes halogenated alkanes) is 3. The standard InChI is InChI=1S/C30H39IO3/c1-7-8-9-10-11-23(20-34-27-19-22(28(32)33-6)13-15-26(27)31)21-12-14-24-25(18-21)30(4,5)17-16-29(24,2)3/h11-15,18-19H,7-10,16-17,20H2,1-6H3/b23-11-. The molecule has 0 spiro atoms. The van der Waals surface area contributed by atoms with Gasteiger partial charge in [-0.2, -0.15) is 0 Å². The maximum atomic E-state index is 12.0. The van der Waals surface area contributed by atoms with E-state index in [9.17, 15) is 4.79 Å². The zero-order valence-corrected chi connectivity index (χ0v) is 23.8. The lowest BCUT2D eigenvalue weighted by Crippen LogP contribution is -2.33. The number of carbonyl (C=O) groups excluding carboxylic acids is 1. The Morgan fingerprint density at radius 1 is 0.971 bits per heavy atom. The highest BCUT2D eigenvalue weighted by atomic mass is 127. The number of halogens is 1. The number of hydrogen-bond donors (Lipinski definition) is 0. The Hall–Kier alpha value is -1.82. The summed E-state index contributed by atoms with van der Waals surface area (Å²) < 4.78 is 12.2. The number of allylic oxidation sites excluding steroid dienone is 1. The van der Waals surface area contributed by atoms with E-state index in [0.717, 1.165) is 9.99 Å². The molecule has 0 atom stereocenters. The van der Waals surface area contributed by atoms with Crippen molar-refractivity contribution in [2.45, 2.75) is 84.0 Å². The molecule has 0 amide bonds. The lowest BCUT2D eigenvalue weighted by atomic mass is 9.63. The second-order valence-corrected chi connectivity index (χ2v) is 11.8. The Kier molecular flexibility index (Phi) is 8.88. The molecule has 0 heterocycles. The first-order valence-electron chi connectivity index (χ1n) is 12.4. The van der Waals surface area contributed by atoms with Gasteiger partial charge in [0, 0.05) is 0 Å². The normalized spacial score (nSPS) is 16.6. The van der Waals surface area contributed by atoms with Gasteiger partial charge in [0.25, 0.3) is 0 Å². The monoisotopic (exact) mass is 574 g/mol. The van der Waals surface area contributed by atoms with Crippen LogP contribution in [0.25, 0.3) is 5.57 Å². The van der Waals surface area contributed by atoms with Gasteiger partial charge in [-0.15, -0.1) is 0 Å². The van der Waals surface area contributed by atoms with Crippen LogP contribution in [0.4, 0.5) is 0 Å². The van der Waals surface area contributed by atoms with Gasteiger partial charge in [-0.05, 0) is 99.6 Å². The quantitative estimate of drug-likeness (QED) is 0.171. The van der Waals surface area contributed by atoms with Gasteiger partial charge < -0.3 is 9.47 Å². The molecule has 0 N–H and O–H groups in total. The number of fused-ring (bicyclic) bond motifs is 1. The van der Waals surface area contributed by atoms with Crippen molar-refractivity contribution >= 4 is 34.1 Å². The smallest absolute Gasteiger partial charge is 0.337 e. The molecule has 2 aromatic carbocycles. The van der Waals surface area contributed by atoms with Crippen LogP contribution in [0.15, 0.2) is 42.5 Å². The summed E-state index contributed by atoms with van der Waals surface area (Å²) in [5.74, 6) is 0.360. The fourth-order valence-corrected chi connectivity index (χ4v) is 5.22. The zero-order chi connectivity index (χ0) is 24.9. The number of esters is 1. The van der Waals surface area contributed by atoms with Gasteiger partial charge in [0.15, 0.2) is 0 Å². The van der Waals surface area contributed by atoms with Gasteiger partial charge in [-0.3, -0.25) is 0 Å². The Morgan fingerprint density at radius 3 is 2.32 bits per heavy atom. The van der Waals surface area contributed by atoms with Gasteiger partial charge in [0.05, 0.1) is 16.2 Å². The number of rotatable bonds is 9. The Labute approximate surface area is 219 Å². The van der Waals surface area contributed by atoms with E-state index < -0.39 is 0 Å². The predicted octanol–water partition coefficient (Wildman–Crippen LogP) is 8.47. The molecule has 3 nitrogen and oxygen atoms in total. The van der Waals surface area contributed by atoms with Crippen molar-refractivity contribution in [1.82, 2.24) is 0 Å². The molecule has 0 fully saturated rings. The minimum atomic E-state index is -0.351. The van der Waals surface area contributed by atoms with E-state index in [1.54, 1.807) is 12.1 Å². The van der Waals surface area contributed by atoms with E-state index >= 15 is 0 Å². The molecule has 3 rings (SSSR count). The molecule has 1 aliphatic rings. The Bertz CT molecular complexity index is 1050. The van der Waals surface area contributed by atoms with E-state index in [2.05, 4.69) is 81.5 Å². The number of carbonyl (C=O) groups is 1. The number of ether oxygens (including phenoxy) is 2. The third-order valence-electron chi connectivity index (χ3n) is 7.16. The van der Waals surface area contributed by atoms with Crippen molar-refractivity contribution in [3.63, 3.8) is 0 Å². The number of benzene rings is 2. The molecular weight excluding hydrogens is 535 g/mol. The second-order valence-electron chi connectivity index (χ2n) is 10.7. The van der Waals surface area contributed by atoms with Crippen LogP contribution in [0.5, 0.6) is 5.75 Å². The second kappa shape index (κ2) is 11.3. The average molecular weight is 575 g/mol. The van der Waals surface area contributed by atoms with Crippen molar-refractivity contribution in [3.05, 3.63) is 68.3 Å². The van der Waals surface area contributed by atoms with E-state index in [1.807, 2.05) is 6.07 Å². The highest BCUT2D eigenvalue weighted by Gasteiger charge is 2.37. The summed E-state index contributed by atoms with van der Waals surface area (Å²) in [6.07, 6.45) is 9.41. The van der Waals surface area contributed by atoms with Crippen molar-refractivity contribution in [3.8, 4) is 5.75 Å².